The van der Waals surface area contributed by atoms with Crippen molar-refractivity contribution in [2.75, 3.05) is 0 Å². The first-order chi connectivity index (χ1) is 14.1. The van der Waals surface area contributed by atoms with Crippen LogP contribution < -0.4 is 0 Å². The van der Waals surface area contributed by atoms with Crippen LogP contribution in [0.2, 0.25) is 0 Å². The number of amides is 2. The van der Waals surface area contributed by atoms with Gasteiger partial charge >= 0.3 is 0 Å². The second-order valence-electron chi connectivity index (χ2n) is 8.80. The molecule has 1 saturated heterocycles. The molecule has 5 nitrogen and oxygen atoms in total. The normalized spacial score (nSPS) is 34.3. The highest BCUT2D eigenvalue weighted by Gasteiger charge is 2.67. The Morgan fingerprint density at radius 2 is 1.76 bits per heavy atom. The van der Waals surface area contributed by atoms with Crippen LogP contribution in [0.3, 0.4) is 0 Å². The zero-order valence-corrected chi connectivity index (χ0v) is 16.4. The number of hydrazone groups is 1. The van der Waals surface area contributed by atoms with Crippen LogP contribution in [0, 0.1) is 42.4 Å². The van der Waals surface area contributed by atoms with Gasteiger partial charge in [0.1, 0.15) is 0 Å². The Morgan fingerprint density at radius 3 is 2.41 bits per heavy atom. The number of aromatic nitrogens is 1. The van der Waals surface area contributed by atoms with E-state index in [1.165, 1.54) is 6.42 Å². The summed E-state index contributed by atoms with van der Waals surface area (Å²) < 4.78 is 2.18. The third-order valence-electron chi connectivity index (χ3n) is 7.53. The topological polar surface area (TPSA) is 54.7 Å². The van der Waals surface area contributed by atoms with E-state index >= 15 is 0 Å². The number of para-hydroxylation sites is 1. The number of fused-ring (bicyclic) bond motifs is 1. The molecule has 5 heteroatoms. The van der Waals surface area contributed by atoms with E-state index in [1.54, 1.807) is 6.21 Å². The maximum Gasteiger partial charge on any atom is 0.254 e. The SMILES string of the molecule is C=CCn1c(C)c(/C=N\N2C(=O)[C@H]3[C@@H]4C=C[C@H]([C@@H]5C[C@H]45)[C@@H]3C2=O)c2ccccc21. The van der Waals surface area contributed by atoms with Gasteiger partial charge in [-0.1, -0.05) is 36.4 Å². The van der Waals surface area contributed by atoms with Crippen LogP contribution in [0.4, 0.5) is 0 Å². The van der Waals surface area contributed by atoms with Crippen molar-refractivity contribution in [3.63, 3.8) is 0 Å². The van der Waals surface area contributed by atoms with Gasteiger partial charge in [0.15, 0.2) is 0 Å². The highest BCUT2D eigenvalue weighted by atomic mass is 16.2. The number of rotatable bonds is 4. The molecule has 1 aromatic heterocycles. The molecule has 5 aliphatic rings. The van der Waals surface area contributed by atoms with E-state index in [9.17, 15) is 9.59 Å². The molecular formula is C24H23N3O2. The van der Waals surface area contributed by atoms with E-state index in [0.717, 1.165) is 27.2 Å². The van der Waals surface area contributed by atoms with Gasteiger partial charge in [-0.05, 0) is 43.1 Å². The standard InChI is InChI=1S/C24H23N3O2/c1-3-10-26-13(2)19(14-6-4-5-7-20(14)26)12-25-27-23(28)21-15-8-9-16(18-11-17(15)18)22(21)24(27)29/h3-9,12,15-18,21-22H,1,10-11H2,2H3/b25-12-/t15-,16-,17-,18+,21+,22+/m1/s1. The van der Waals surface area contributed by atoms with Gasteiger partial charge in [-0.2, -0.15) is 10.1 Å². The van der Waals surface area contributed by atoms with E-state index in [1.807, 2.05) is 31.2 Å². The number of hydrogen-bond donors (Lipinski definition) is 0. The summed E-state index contributed by atoms with van der Waals surface area (Å²) in [5, 5.41) is 6.67. The number of allylic oxidation sites excluding steroid dienone is 3. The summed E-state index contributed by atoms with van der Waals surface area (Å²) in [4.78, 5) is 26.2. The van der Waals surface area contributed by atoms with Gasteiger partial charge in [0, 0.05) is 28.7 Å². The summed E-state index contributed by atoms with van der Waals surface area (Å²) in [5.74, 6) is 1.01. The molecule has 146 valence electrons. The number of carbonyl (C=O) groups is 2. The lowest BCUT2D eigenvalue weighted by molar-refractivity contribution is -0.140. The maximum atomic E-state index is 13.1. The van der Waals surface area contributed by atoms with E-state index < -0.39 is 0 Å². The fourth-order valence-corrected chi connectivity index (χ4v) is 6.16. The monoisotopic (exact) mass is 385 g/mol. The van der Waals surface area contributed by atoms with Crippen LogP contribution in [0.15, 0.2) is 54.2 Å². The summed E-state index contributed by atoms with van der Waals surface area (Å²) in [6.45, 7) is 6.59. The molecule has 4 aliphatic carbocycles. The lowest BCUT2D eigenvalue weighted by atomic mass is 9.63. The fourth-order valence-electron chi connectivity index (χ4n) is 6.16. The smallest absolute Gasteiger partial charge is 0.254 e. The Hall–Kier alpha value is -2.95. The van der Waals surface area contributed by atoms with E-state index in [4.69, 9.17) is 0 Å². The Kier molecular flexibility index (Phi) is 3.38. The van der Waals surface area contributed by atoms with Crippen LogP contribution in [-0.4, -0.2) is 27.6 Å². The van der Waals surface area contributed by atoms with Crippen molar-refractivity contribution in [3.8, 4) is 0 Å². The van der Waals surface area contributed by atoms with Crippen molar-refractivity contribution >= 4 is 28.9 Å². The lowest BCUT2D eigenvalue weighted by Crippen LogP contribution is -2.40. The molecule has 1 aliphatic heterocycles. The predicted molar refractivity (Wildman–Crippen MR) is 111 cm³/mol. The van der Waals surface area contributed by atoms with Crippen molar-refractivity contribution in [2.45, 2.75) is 19.9 Å². The maximum absolute atomic E-state index is 13.1. The van der Waals surface area contributed by atoms with Crippen LogP contribution in [0.1, 0.15) is 17.7 Å². The van der Waals surface area contributed by atoms with Gasteiger partial charge in [-0.25, -0.2) is 0 Å². The molecule has 1 aromatic carbocycles. The van der Waals surface area contributed by atoms with Crippen molar-refractivity contribution < 1.29 is 9.59 Å². The highest BCUT2D eigenvalue weighted by Crippen LogP contribution is 2.65. The van der Waals surface area contributed by atoms with E-state index in [2.05, 4.69) is 34.5 Å². The van der Waals surface area contributed by atoms with Crippen LogP contribution >= 0.6 is 0 Å². The summed E-state index contributed by atoms with van der Waals surface area (Å²) in [7, 11) is 0. The van der Waals surface area contributed by atoms with Crippen molar-refractivity contribution in [2.24, 2.45) is 40.6 Å². The average Bonchev–Trinajstić information content (AvgIpc) is 3.47. The molecule has 0 unspecified atom stereocenters. The quantitative estimate of drug-likeness (QED) is 0.459. The second kappa shape index (κ2) is 5.78. The summed E-state index contributed by atoms with van der Waals surface area (Å²) in [6, 6.07) is 8.12. The van der Waals surface area contributed by atoms with E-state index in [-0.39, 0.29) is 35.5 Å². The minimum Gasteiger partial charge on any atom is -0.340 e. The molecule has 0 radical (unpaired) electrons. The summed E-state index contributed by atoms with van der Waals surface area (Å²) in [6.07, 6.45) is 9.10. The van der Waals surface area contributed by atoms with Crippen LogP contribution in [0.5, 0.6) is 0 Å². The van der Waals surface area contributed by atoms with Crippen molar-refractivity contribution in [3.05, 3.63) is 60.3 Å². The molecule has 2 aromatic rings. The lowest BCUT2D eigenvalue weighted by Gasteiger charge is -2.37. The fraction of sp³-hybridized carbons (Fsp3) is 0.375. The van der Waals surface area contributed by atoms with Gasteiger partial charge < -0.3 is 4.57 Å². The van der Waals surface area contributed by atoms with E-state index in [0.29, 0.717) is 18.4 Å². The zero-order valence-electron chi connectivity index (χ0n) is 16.4. The minimum atomic E-state index is -0.207. The molecule has 7 rings (SSSR count). The minimum absolute atomic E-state index is 0.117. The third kappa shape index (κ3) is 2.13. The number of benzene rings is 1. The molecule has 3 fully saturated rings. The molecule has 0 N–H and O–H groups in total. The average molecular weight is 385 g/mol. The number of hydrogen-bond acceptors (Lipinski definition) is 3. The Labute approximate surface area is 169 Å². The number of nitrogens with zero attached hydrogens (tertiary/aromatic N) is 3. The molecule has 29 heavy (non-hydrogen) atoms. The molecule has 2 heterocycles. The van der Waals surface area contributed by atoms with Gasteiger partial charge in [0.2, 0.25) is 0 Å². The molecule has 6 atom stereocenters. The number of imide groups is 1. The Balaban J connectivity index is 1.37. The summed E-state index contributed by atoms with van der Waals surface area (Å²) >= 11 is 0. The first kappa shape index (κ1) is 17.0. The first-order valence-corrected chi connectivity index (χ1v) is 10.4. The van der Waals surface area contributed by atoms with Gasteiger partial charge in [-0.3, -0.25) is 9.59 Å². The van der Waals surface area contributed by atoms with Crippen LogP contribution in [-0.2, 0) is 16.1 Å². The van der Waals surface area contributed by atoms with Crippen molar-refractivity contribution in [1.82, 2.24) is 9.58 Å². The zero-order chi connectivity index (χ0) is 19.9. The predicted octanol–water partition coefficient (Wildman–Crippen LogP) is 3.52. The molecule has 2 amide bonds. The summed E-state index contributed by atoms with van der Waals surface area (Å²) in [5.41, 5.74) is 3.10. The molecule has 2 bridgehead atoms. The Bertz CT molecular complexity index is 1100. The molecular weight excluding hydrogens is 362 g/mol. The van der Waals surface area contributed by atoms with Crippen molar-refractivity contribution in [1.29, 1.82) is 0 Å². The number of carbonyl (C=O) groups excluding carboxylic acids is 2. The molecule has 0 spiro atoms. The third-order valence-corrected chi connectivity index (χ3v) is 7.53. The van der Waals surface area contributed by atoms with Gasteiger partial charge in [-0.15, -0.1) is 6.58 Å². The van der Waals surface area contributed by atoms with Crippen LogP contribution in [0.25, 0.3) is 10.9 Å². The van der Waals surface area contributed by atoms with Gasteiger partial charge in [0.05, 0.1) is 18.1 Å². The Morgan fingerprint density at radius 1 is 1.10 bits per heavy atom. The molecule has 2 saturated carbocycles. The highest BCUT2D eigenvalue weighted by molar-refractivity contribution is 6.08. The first-order valence-electron chi connectivity index (χ1n) is 10.4. The largest absolute Gasteiger partial charge is 0.340 e. The second-order valence-corrected chi connectivity index (χ2v) is 8.80. The van der Waals surface area contributed by atoms with Gasteiger partial charge in [0.25, 0.3) is 11.8 Å².